The number of carbonyl (C=O) groups excluding carboxylic acids is 1. The zero-order valence-electron chi connectivity index (χ0n) is 9.35. The lowest BCUT2D eigenvalue weighted by atomic mass is 10.1. The van der Waals surface area contributed by atoms with Crippen molar-refractivity contribution in [3.63, 3.8) is 0 Å². The van der Waals surface area contributed by atoms with Gasteiger partial charge in [0, 0.05) is 31.9 Å². The molecule has 3 rings (SSSR count). The molecule has 17 heavy (non-hydrogen) atoms. The van der Waals surface area contributed by atoms with Gasteiger partial charge in [-0.05, 0) is 12.3 Å². The van der Waals surface area contributed by atoms with Crippen molar-refractivity contribution in [2.45, 2.75) is 12.5 Å². The minimum absolute atomic E-state index is 0.0857. The highest BCUT2D eigenvalue weighted by Gasteiger charge is 2.40. The van der Waals surface area contributed by atoms with Gasteiger partial charge in [0.15, 0.2) is 0 Å². The number of aromatic amines is 1. The molecular formula is C11H14N4O2. The largest absolute Gasteiger partial charge is 0.333 e. The normalized spacial score (nSPS) is 27.2. The fourth-order valence-electron chi connectivity index (χ4n) is 2.71. The van der Waals surface area contributed by atoms with Gasteiger partial charge in [0.25, 0.3) is 11.5 Å². The smallest absolute Gasteiger partial charge is 0.274 e. The number of hydrogen-bond donors (Lipinski definition) is 2. The molecule has 2 atom stereocenters. The van der Waals surface area contributed by atoms with Crippen molar-refractivity contribution in [2.24, 2.45) is 5.92 Å². The monoisotopic (exact) mass is 234 g/mol. The summed E-state index contributed by atoms with van der Waals surface area (Å²) in [5.74, 6) is 0.485. The summed E-state index contributed by atoms with van der Waals surface area (Å²) in [5, 5.41) is 3.30. The van der Waals surface area contributed by atoms with E-state index >= 15 is 0 Å². The Kier molecular flexibility index (Phi) is 2.44. The number of aromatic nitrogens is 2. The number of H-pyrrole nitrogens is 1. The summed E-state index contributed by atoms with van der Waals surface area (Å²) < 4.78 is 0. The summed E-state index contributed by atoms with van der Waals surface area (Å²) in [7, 11) is 0. The van der Waals surface area contributed by atoms with Crippen molar-refractivity contribution in [2.75, 3.05) is 19.6 Å². The molecule has 0 saturated carbocycles. The summed E-state index contributed by atoms with van der Waals surface area (Å²) in [6.45, 7) is 2.64. The first-order valence-corrected chi connectivity index (χ1v) is 5.82. The first-order chi connectivity index (χ1) is 8.25. The van der Waals surface area contributed by atoms with Crippen LogP contribution in [0.4, 0.5) is 0 Å². The van der Waals surface area contributed by atoms with Crippen LogP contribution in [0.15, 0.2) is 17.2 Å². The standard InChI is InChI=1S/C11H14N4O2/c16-10-6-13-8(4-14-10)11(17)15-2-1-7-3-12-5-9(7)15/h4,6-7,9,12H,1-3,5H2,(H,14,16)/t7-,9+/m1/s1. The van der Waals surface area contributed by atoms with Crippen LogP contribution >= 0.6 is 0 Å². The molecule has 3 heterocycles. The molecular weight excluding hydrogens is 220 g/mol. The molecule has 2 aliphatic heterocycles. The quantitative estimate of drug-likeness (QED) is 0.667. The highest BCUT2D eigenvalue weighted by Crippen LogP contribution is 2.27. The molecule has 0 spiro atoms. The molecule has 2 N–H and O–H groups in total. The van der Waals surface area contributed by atoms with E-state index in [2.05, 4.69) is 15.3 Å². The van der Waals surface area contributed by atoms with Crippen molar-refractivity contribution >= 4 is 5.91 Å². The third-order valence-electron chi connectivity index (χ3n) is 3.60. The predicted octanol–water partition coefficient (Wildman–Crippen LogP) is -0.796. The van der Waals surface area contributed by atoms with Crippen LogP contribution in [0.2, 0.25) is 0 Å². The second-order valence-corrected chi connectivity index (χ2v) is 4.57. The third-order valence-corrected chi connectivity index (χ3v) is 3.60. The first kappa shape index (κ1) is 10.5. The van der Waals surface area contributed by atoms with Crippen molar-refractivity contribution < 1.29 is 4.79 Å². The molecule has 2 aliphatic rings. The van der Waals surface area contributed by atoms with Crippen LogP contribution < -0.4 is 10.9 Å². The SMILES string of the molecule is O=C(c1c[nH]c(=O)cn1)N1CC[C@@H]2CNC[C@@H]21. The van der Waals surface area contributed by atoms with E-state index in [1.54, 1.807) is 0 Å². The zero-order chi connectivity index (χ0) is 11.8. The van der Waals surface area contributed by atoms with Crippen LogP contribution in [0.1, 0.15) is 16.9 Å². The van der Waals surface area contributed by atoms with Crippen molar-refractivity contribution in [1.82, 2.24) is 20.2 Å². The molecule has 0 aromatic carbocycles. The Bertz CT molecular complexity index is 478. The van der Waals surface area contributed by atoms with Crippen molar-refractivity contribution in [1.29, 1.82) is 0 Å². The molecule has 1 aromatic heterocycles. The molecule has 2 fully saturated rings. The number of likely N-dealkylation sites (tertiary alicyclic amines) is 1. The number of rotatable bonds is 1. The molecule has 0 unspecified atom stereocenters. The fourth-order valence-corrected chi connectivity index (χ4v) is 2.71. The predicted molar refractivity (Wildman–Crippen MR) is 60.7 cm³/mol. The maximum atomic E-state index is 12.2. The van der Waals surface area contributed by atoms with E-state index in [1.165, 1.54) is 6.20 Å². The summed E-state index contributed by atoms with van der Waals surface area (Å²) >= 11 is 0. The maximum absolute atomic E-state index is 12.2. The molecule has 1 amide bonds. The van der Waals surface area contributed by atoms with Gasteiger partial charge in [0.2, 0.25) is 0 Å². The van der Waals surface area contributed by atoms with Gasteiger partial charge in [-0.2, -0.15) is 0 Å². The van der Waals surface area contributed by atoms with Crippen molar-refractivity contribution in [3.05, 3.63) is 28.4 Å². The molecule has 6 heteroatoms. The van der Waals surface area contributed by atoms with Gasteiger partial charge in [-0.15, -0.1) is 0 Å². The Hall–Kier alpha value is -1.69. The zero-order valence-corrected chi connectivity index (χ0v) is 9.35. The summed E-state index contributed by atoms with van der Waals surface area (Å²) in [4.78, 5) is 31.3. The van der Waals surface area contributed by atoms with Crippen LogP contribution in [0, 0.1) is 5.92 Å². The van der Waals surface area contributed by atoms with Crippen LogP contribution in [-0.4, -0.2) is 46.5 Å². The molecule has 90 valence electrons. The first-order valence-electron chi connectivity index (χ1n) is 5.82. The van der Waals surface area contributed by atoms with Crippen molar-refractivity contribution in [3.8, 4) is 0 Å². The number of amides is 1. The number of carbonyl (C=O) groups is 1. The second-order valence-electron chi connectivity index (χ2n) is 4.57. The van der Waals surface area contributed by atoms with Crippen LogP contribution in [-0.2, 0) is 0 Å². The van der Waals surface area contributed by atoms with Crippen LogP contribution in [0.5, 0.6) is 0 Å². The minimum atomic E-state index is -0.289. The Morgan fingerprint density at radius 1 is 1.47 bits per heavy atom. The lowest BCUT2D eigenvalue weighted by Crippen LogP contribution is -2.39. The van der Waals surface area contributed by atoms with Gasteiger partial charge in [0.05, 0.1) is 6.20 Å². The van der Waals surface area contributed by atoms with E-state index in [9.17, 15) is 9.59 Å². The molecule has 0 radical (unpaired) electrons. The number of hydrogen-bond acceptors (Lipinski definition) is 4. The van der Waals surface area contributed by atoms with E-state index in [4.69, 9.17) is 0 Å². The van der Waals surface area contributed by atoms with Gasteiger partial charge in [0.1, 0.15) is 5.69 Å². The third kappa shape index (κ3) is 1.74. The lowest BCUT2D eigenvalue weighted by Gasteiger charge is -2.22. The maximum Gasteiger partial charge on any atom is 0.274 e. The molecule has 1 aromatic rings. The second kappa shape index (κ2) is 3.96. The Balaban J connectivity index is 1.82. The van der Waals surface area contributed by atoms with E-state index in [0.29, 0.717) is 11.6 Å². The van der Waals surface area contributed by atoms with Crippen LogP contribution in [0.25, 0.3) is 0 Å². The number of nitrogens with one attached hydrogen (secondary N) is 2. The Morgan fingerprint density at radius 3 is 3.12 bits per heavy atom. The Morgan fingerprint density at radius 2 is 2.35 bits per heavy atom. The van der Waals surface area contributed by atoms with Gasteiger partial charge in [-0.1, -0.05) is 0 Å². The fraction of sp³-hybridized carbons (Fsp3) is 0.545. The van der Waals surface area contributed by atoms with Gasteiger partial charge >= 0.3 is 0 Å². The molecule has 0 bridgehead atoms. The average molecular weight is 234 g/mol. The van der Waals surface area contributed by atoms with E-state index in [1.807, 2.05) is 4.90 Å². The van der Waals surface area contributed by atoms with Gasteiger partial charge in [-0.3, -0.25) is 9.59 Å². The van der Waals surface area contributed by atoms with Gasteiger partial charge in [-0.25, -0.2) is 4.98 Å². The molecule has 2 saturated heterocycles. The average Bonchev–Trinajstić information content (AvgIpc) is 2.90. The summed E-state index contributed by atoms with van der Waals surface area (Å²) in [6, 6.07) is 0.288. The summed E-state index contributed by atoms with van der Waals surface area (Å²) in [6.07, 6.45) is 3.58. The van der Waals surface area contributed by atoms with E-state index < -0.39 is 0 Å². The topological polar surface area (TPSA) is 78.1 Å². The Labute approximate surface area is 98.0 Å². The molecule has 6 nitrogen and oxygen atoms in total. The lowest BCUT2D eigenvalue weighted by molar-refractivity contribution is 0.0730. The van der Waals surface area contributed by atoms with Gasteiger partial charge < -0.3 is 15.2 Å². The molecule has 0 aliphatic carbocycles. The summed E-state index contributed by atoms with van der Waals surface area (Å²) in [5.41, 5.74) is 0.0283. The van der Waals surface area contributed by atoms with E-state index in [0.717, 1.165) is 32.3 Å². The number of nitrogens with zero attached hydrogens (tertiary/aromatic N) is 2. The highest BCUT2D eigenvalue weighted by molar-refractivity contribution is 5.92. The number of fused-ring (bicyclic) bond motifs is 1. The highest BCUT2D eigenvalue weighted by atomic mass is 16.2. The minimum Gasteiger partial charge on any atom is -0.333 e. The van der Waals surface area contributed by atoms with E-state index in [-0.39, 0.29) is 17.5 Å². The van der Waals surface area contributed by atoms with Crippen LogP contribution in [0.3, 0.4) is 0 Å².